The van der Waals surface area contributed by atoms with Gasteiger partial charge >= 0.3 is 5.97 Å². The SMILES string of the molecule is CC1CCCC(NC(=O)COC(=O)c2cc(S(=O)(=O)Nc3ccc(I)cc3)ccc2Cl)C1C. The Balaban J connectivity index is 1.65. The molecule has 1 fully saturated rings. The number of benzene rings is 2. The van der Waals surface area contributed by atoms with E-state index >= 15 is 0 Å². The van der Waals surface area contributed by atoms with Gasteiger partial charge in [-0.1, -0.05) is 38.3 Å². The Morgan fingerprint density at radius 2 is 1.82 bits per heavy atom. The Morgan fingerprint density at radius 1 is 1.12 bits per heavy atom. The molecule has 3 atom stereocenters. The Kier molecular flexibility index (Phi) is 8.63. The van der Waals surface area contributed by atoms with Gasteiger partial charge in [0.2, 0.25) is 0 Å². The van der Waals surface area contributed by atoms with Crippen molar-refractivity contribution in [3.05, 3.63) is 56.6 Å². The van der Waals surface area contributed by atoms with Gasteiger partial charge in [-0.2, -0.15) is 0 Å². The number of hydrogen-bond acceptors (Lipinski definition) is 5. The summed E-state index contributed by atoms with van der Waals surface area (Å²) in [5, 5.41) is 2.96. The fraction of sp³-hybridized carbons (Fsp3) is 0.391. The Labute approximate surface area is 212 Å². The van der Waals surface area contributed by atoms with E-state index in [2.05, 4.69) is 46.5 Å². The molecule has 0 aromatic heterocycles. The number of hydrogen-bond donors (Lipinski definition) is 2. The van der Waals surface area contributed by atoms with Crippen LogP contribution in [0.2, 0.25) is 5.02 Å². The highest BCUT2D eigenvalue weighted by Crippen LogP contribution is 2.29. The number of amides is 1. The third-order valence-corrected chi connectivity index (χ3v) is 8.38. The molecule has 0 radical (unpaired) electrons. The maximum atomic E-state index is 12.7. The second-order valence-corrected chi connectivity index (χ2v) is 11.6. The van der Waals surface area contributed by atoms with Crippen molar-refractivity contribution in [1.29, 1.82) is 0 Å². The van der Waals surface area contributed by atoms with Crippen LogP contribution in [-0.4, -0.2) is 32.9 Å². The van der Waals surface area contributed by atoms with Gasteiger partial charge in [0.1, 0.15) is 0 Å². The van der Waals surface area contributed by atoms with Crippen molar-refractivity contribution in [2.45, 2.75) is 44.0 Å². The molecule has 3 unspecified atom stereocenters. The first-order chi connectivity index (χ1) is 15.6. The van der Waals surface area contributed by atoms with Crippen molar-refractivity contribution >= 4 is 61.8 Å². The molecule has 0 saturated heterocycles. The highest BCUT2D eigenvalue weighted by Gasteiger charge is 2.28. The minimum atomic E-state index is -3.96. The first-order valence-electron chi connectivity index (χ1n) is 10.6. The van der Waals surface area contributed by atoms with Gasteiger partial charge in [0.15, 0.2) is 6.61 Å². The smallest absolute Gasteiger partial charge is 0.340 e. The zero-order chi connectivity index (χ0) is 24.2. The summed E-state index contributed by atoms with van der Waals surface area (Å²) in [4.78, 5) is 24.7. The fourth-order valence-corrected chi connectivity index (χ4v) is 5.44. The molecule has 2 aromatic rings. The van der Waals surface area contributed by atoms with E-state index in [9.17, 15) is 18.0 Å². The van der Waals surface area contributed by atoms with Crippen LogP contribution in [0.4, 0.5) is 5.69 Å². The predicted molar refractivity (Wildman–Crippen MR) is 136 cm³/mol. The van der Waals surface area contributed by atoms with E-state index in [1.165, 1.54) is 12.1 Å². The van der Waals surface area contributed by atoms with E-state index in [4.69, 9.17) is 16.3 Å². The van der Waals surface area contributed by atoms with Crippen molar-refractivity contribution in [2.24, 2.45) is 11.8 Å². The van der Waals surface area contributed by atoms with Crippen LogP contribution in [0.5, 0.6) is 0 Å². The predicted octanol–water partition coefficient (Wildman–Crippen LogP) is 4.84. The van der Waals surface area contributed by atoms with E-state index in [0.29, 0.717) is 17.5 Å². The highest BCUT2D eigenvalue weighted by molar-refractivity contribution is 14.1. The van der Waals surface area contributed by atoms with E-state index in [0.717, 1.165) is 28.9 Å². The number of carbonyl (C=O) groups excluding carboxylic acids is 2. The van der Waals surface area contributed by atoms with E-state index in [-0.39, 0.29) is 21.5 Å². The summed E-state index contributed by atoms with van der Waals surface area (Å²) in [6, 6.07) is 10.6. The van der Waals surface area contributed by atoms with Gasteiger partial charge in [0.05, 0.1) is 15.5 Å². The van der Waals surface area contributed by atoms with E-state index < -0.39 is 28.5 Å². The lowest BCUT2D eigenvalue weighted by Gasteiger charge is -2.34. The molecule has 0 heterocycles. The average molecular weight is 605 g/mol. The van der Waals surface area contributed by atoms with Crippen LogP contribution >= 0.6 is 34.2 Å². The molecule has 1 saturated carbocycles. The Hall–Kier alpha value is -1.85. The normalized spacial score (nSPS) is 20.7. The minimum Gasteiger partial charge on any atom is -0.452 e. The average Bonchev–Trinajstić information content (AvgIpc) is 2.77. The van der Waals surface area contributed by atoms with Crippen LogP contribution < -0.4 is 10.0 Å². The van der Waals surface area contributed by atoms with Gasteiger partial charge in [-0.15, -0.1) is 0 Å². The lowest BCUT2D eigenvalue weighted by Crippen LogP contribution is -2.45. The maximum absolute atomic E-state index is 12.7. The third-order valence-electron chi connectivity index (χ3n) is 5.95. The molecule has 1 aliphatic rings. The summed E-state index contributed by atoms with van der Waals surface area (Å²) >= 11 is 8.23. The second-order valence-electron chi connectivity index (χ2n) is 8.27. The van der Waals surface area contributed by atoms with Crippen LogP contribution in [-0.2, 0) is 19.6 Å². The molecule has 1 aliphatic carbocycles. The largest absolute Gasteiger partial charge is 0.452 e. The molecule has 7 nitrogen and oxygen atoms in total. The lowest BCUT2D eigenvalue weighted by atomic mass is 9.78. The summed E-state index contributed by atoms with van der Waals surface area (Å²) in [6.07, 6.45) is 3.08. The van der Waals surface area contributed by atoms with Crippen molar-refractivity contribution in [2.75, 3.05) is 11.3 Å². The third kappa shape index (κ3) is 6.83. The number of nitrogens with one attached hydrogen (secondary N) is 2. The molecule has 0 aliphatic heterocycles. The topological polar surface area (TPSA) is 102 Å². The molecular weight excluding hydrogens is 579 g/mol. The molecular formula is C23H26ClIN2O5S. The van der Waals surface area contributed by atoms with E-state index in [1.807, 2.05) is 0 Å². The van der Waals surface area contributed by atoms with Gasteiger partial charge in [0, 0.05) is 15.3 Å². The number of sulfonamides is 1. The van der Waals surface area contributed by atoms with Gasteiger partial charge < -0.3 is 10.1 Å². The van der Waals surface area contributed by atoms with Gasteiger partial charge in [0.25, 0.3) is 15.9 Å². The fourth-order valence-electron chi connectivity index (χ4n) is 3.80. The molecule has 10 heteroatoms. The quantitative estimate of drug-likeness (QED) is 0.348. The van der Waals surface area contributed by atoms with Gasteiger partial charge in [-0.25, -0.2) is 13.2 Å². The van der Waals surface area contributed by atoms with Gasteiger partial charge in [-0.05, 0) is 83.3 Å². The first-order valence-corrected chi connectivity index (χ1v) is 13.5. The molecule has 0 spiro atoms. The monoisotopic (exact) mass is 604 g/mol. The zero-order valence-electron chi connectivity index (χ0n) is 18.3. The number of carbonyl (C=O) groups is 2. The highest BCUT2D eigenvalue weighted by atomic mass is 127. The molecule has 2 N–H and O–H groups in total. The van der Waals surface area contributed by atoms with Crippen LogP contribution in [0.15, 0.2) is 47.4 Å². The summed E-state index contributed by atoms with van der Waals surface area (Å²) in [6.45, 7) is 3.81. The zero-order valence-corrected chi connectivity index (χ0v) is 22.0. The number of halogens is 2. The summed E-state index contributed by atoms with van der Waals surface area (Å²) in [5.74, 6) is -0.403. The van der Waals surface area contributed by atoms with Crippen LogP contribution in [0.1, 0.15) is 43.5 Å². The van der Waals surface area contributed by atoms with Crippen LogP contribution in [0.3, 0.4) is 0 Å². The summed E-state index contributed by atoms with van der Waals surface area (Å²) < 4.78 is 34.0. The second kappa shape index (κ2) is 11.1. The maximum Gasteiger partial charge on any atom is 0.340 e. The number of anilines is 1. The van der Waals surface area contributed by atoms with Crippen LogP contribution in [0.25, 0.3) is 0 Å². The first kappa shape index (κ1) is 25.8. The lowest BCUT2D eigenvalue weighted by molar-refractivity contribution is -0.125. The number of esters is 1. The van der Waals surface area contributed by atoms with Crippen molar-refractivity contribution in [3.63, 3.8) is 0 Å². The molecule has 1 amide bonds. The molecule has 33 heavy (non-hydrogen) atoms. The van der Waals surface area contributed by atoms with Crippen molar-refractivity contribution < 1.29 is 22.7 Å². The van der Waals surface area contributed by atoms with Crippen molar-refractivity contribution in [3.8, 4) is 0 Å². The van der Waals surface area contributed by atoms with Crippen molar-refractivity contribution in [1.82, 2.24) is 5.32 Å². The van der Waals surface area contributed by atoms with Gasteiger partial charge in [-0.3, -0.25) is 9.52 Å². The summed E-state index contributed by atoms with van der Waals surface area (Å²) in [5.41, 5.74) is 0.257. The Bertz CT molecular complexity index is 1120. The summed E-state index contributed by atoms with van der Waals surface area (Å²) in [7, 11) is -3.96. The number of ether oxygens (including phenoxy) is 1. The molecule has 3 rings (SSSR count). The standard InChI is InChI=1S/C23H26ClIN2O5S/c1-14-4-3-5-21(15(14)2)26-22(28)13-32-23(29)19-12-18(10-11-20(19)24)33(30,31)27-17-8-6-16(25)7-9-17/h6-12,14-15,21,27H,3-5,13H2,1-2H3,(H,26,28). The molecule has 178 valence electrons. The minimum absolute atomic E-state index is 0.0309. The molecule has 2 aromatic carbocycles. The molecule has 0 bridgehead atoms. The van der Waals surface area contributed by atoms with E-state index in [1.54, 1.807) is 24.3 Å². The number of rotatable bonds is 7. The Morgan fingerprint density at radius 3 is 2.52 bits per heavy atom. The van der Waals surface area contributed by atoms with Crippen LogP contribution in [0, 0.1) is 15.4 Å².